The quantitative estimate of drug-likeness (QED) is 0.556. The molecule has 2 aliphatic carbocycles. The third kappa shape index (κ3) is 4.15. The molecule has 0 amide bonds. The monoisotopic (exact) mass is 539 g/mol. The first-order chi connectivity index (χ1) is 14.5. The normalized spacial score (nSPS) is 20.4. The summed E-state index contributed by atoms with van der Waals surface area (Å²) in [5.74, 6) is 0.600. The second-order valence-corrected chi connectivity index (χ2v) is 12.5. The van der Waals surface area contributed by atoms with Crippen LogP contribution in [-0.4, -0.2) is 18.0 Å². The molecule has 1 aliphatic heterocycles. The first kappa shape index (κ1) is 25.3. The standard InChI is InChI=1S/C17H15.C11H14N.2ClH.Zr/c1-12-10-16-13(2)8-9-15(17(16)11-12)14-6-4-3-5-7-14;1-8(2)10-6-9-4-5-12(3)11(9)7-10;;;/h3-11H,1-2H3;4-5,7-8,11H,1-3H3;2*1H;/q;;;;+2/p-2. The number of halogens is 2. The summed E-state index contributed by atoms with van der Waals surface area (Å²) in [4.78, 5) is 2.37. The van der Waals surface area contributed by atoms with E-state index in [0.717, 1.165) is 0 Å². The van der Waals surface area contributed by atoms with E-state index in [1.165, 1.54) is 22.3 Å². The van der Waals surface area contributed by atoms with Crippen molar-refractivity contribution in [3.05, 3.63) is 97.5 Å². The van der Waals surface area contributed by atoms with Crippen molar-refractivity contribution >= 4 is 6.08 Å². The van der Waals surface area contributed by atoms with Crippen molar-refractivity contribution < 1.29 is 48.0 Å². The van der Waals surface area contributed by atoms with Gasteiger partial charge >= 0.3 is 193 Å². The Morgan fingerprint density at radius 3 is 2.38 bits per heavy atom. The zero-order valence-electron chi connectivity index (χ0n) is 19.3. The molecule has 1 heterocycles. The molecule has 0 saturated carbocycles. The minimum absolute atomic E-state index is 0. The van der Waals surface area contributed by atoms with E-state index in [2.05, 4.69) is 107 Å². The number of likely N-dealkylation sites (N-methyl/N-ethyl adjacent to an activating group) is 1. The Bertz CT molecular complexity index is 1140. The van der Waals surface area contributed by atoms with Gasteiger partial charge in [-0.1, -0.05) is 0 Å². The molecule has 5 rings (SSSR count). The Morgan fingerprint density at radius 1 is 0.969 bits per heavy atom. The van der Waals surface area contributed by atoms with Crippen LogP contribution in [0.1, 0.15) is 41.1 Å². The summed E-state index contributed by atoms with van der Waals surface area (Å²) in [5.41, 5.74) is 12.0. The Balaban J connectivity index is 0.00000144. The topological polar surface area (TPSA) is 3.24 Å². The molecule has 0 saturated heterocycles. The van der Waals surface area contributed by atoms with Crippen LogP contribution in [0.5, 0.6) is 0 Å². The average Bonchev–Trinajstić information content (AvgIpc) is 3.38. The summed E-state index contributed by atoms with van der Waals surface area (Å²) in [6, 6.07) is 16.0. The zero-order chi connectivity index (χ0) is 21.0. The number of hydrogen-bond donors (Lipinski definition) is 0. The number of allylic oxidation sites excluding steroid dienone is 3. The van der Waals surface area contributed by atoms with E-state index in [9.17, 15) is 0 Å². The Morgan fingerprint density at radius 2 is 1.69 bits per heavy atom. The number of nitrogens with zero attached hydrogens (tertiary/aromatic N) is 1. The fraction of sp³-hybridized carbons (Fsp3) is 0.286. The number of hydrogen-bond acceptors (Lipinski definition) is 1. The number of rotatable bonds is 4. The van der Waals surface area contributed by atoms with E-state index in [-0.39, 0.29) is 24.8 Å². The summed E-state index contributed by atoms with van der Waals surface area (Å²) in [6.07, 6.45) is 9.67. The van der Waals surface area contributed by atoms with Gasteiger partial charge in [0.15, 0.2) is 0 Å². The number of aryl methyl sites for hydroxylation is 1. The third-order valence-corrected chi connectivity index (χ3v) is 11.4. The summed E-state index contributed by atoms with van der Waals surface area (Å²) in [5, 5.41) is 0. The molecule has 0 N–H and O–H groups in total. The maximum Gasteiger partial charge on any atom is -1.00 e. The molecule has 3 aliphatic rings. The molecular formula is C28H29Cl2NZr. The van der Waals surface area contributed by atoms with Crippen molar-refractivity contribution in [2.75, 3.05) is 7.05 Å². The van der Waals surface area contributed by atoms with Gasteiger partial charge in [-0.3, -0.25) is 0 Å². The first-order valence-electron chi connectivity index (χ1n) is 11.0. The molecule has 1 nitrogen and oxygen atoms in total. The first-order valence-corrected chi connectivity index (χ1v) is 13.6. The van der Waals surface area contributed by atoms with Gasteiger partial charge in [0, 0.05) is 0 Å². The molecule has 2 atom stereocenters. The Labute approximate surface area is 216 Å². The van der Waals surface area contributed by atoms with E-state index < -0.39 is 23.2 Å². The number of fused-ring (bicyclic) bond motifs is 2. The molecule has 164 valence electrons. The smallest absolute Gasteiger partial charge is 1.00 e. The SMILES string of the molecule is CC1=Cc2c(-c3ccccc3)ccc(C)c2[CH]1[Zr+2][C]1=C2C=CN(C)C2C=C1C(C)C.[Cl-].[Cl-]. The molecule has 0 bridgehead atoms. The maximum absolute atomic E-state index is 2.54. The van der Waals surface area contributed by atoms with E-state index in [1.54, 1.807) is 25.6 Å². The van der Waals surface area contributed by atoms with E-state index in [4.69, 9.17) is 0 Å². The molecule has 2 aromatic carbocycles. The summed E-state index contributed by atoms with van der Waals surface area (Å²) in [6.45, 7) is 9.40. The van der Waals surface area contributed by atoms with Crippen LogP contribution in [0.2, 0.25) is 0 Å². The predicted molar refractivity (Wildman–Crippen MR) is 124 cm³/mol. The van der Waals surface area contributed by atoms with E-state index in [0.29, 0.717) is 15.6 Å². The molecule has 0 fully saturated rings. The van der Waals surface area contributed by atoms with Gasteiger partial charge in [0.25, 0.3) is 0 Å². The fourth-order valence-corrected chi connectivity index (χ4v) is 10.2. The molecule has 0 spiro atoms. The van der Waals surface area contributed by atoms with Gasteiger partial charge < -0.3 is 24.8 Å². The average molecular weight is 542 g/mol. The van der Waals surface area contributed by atoms with Gasteiger partial charge in [0.05, 0.1) is 0 Å². The second kappa shape index (κ2) is 9.88. The van der Waals surface area contributed by atoms with Crippen molar-refractivity contribution in [3.63, 3.8) is 0 Å². The fourth-order valence-electron chi connectivity index (χ4n) is 5.14. The molecule has 0 aromatic heterocycles. The van der Waals surface area contributed by atoms with Crippen LogP contribution in [0.15, 0.2) is 80.8 Å². The van der Waals surface area contributed by atoms with Crippen LogP contribution in [0.4, 0.5) is 0 Å². The molecule has 0 radical (unpaired) electrons. The van der Waals surface area contributed by atoms with Crippen LogP contribution in [0, 0.1) is 12.8 Å². The van der Waals surface area contributed by atoms with Gasteiger partial charge in [-0.05, 0) is 0 Å². The summed E-state index contributed by atoms with van der Waals surface area (Å²) >= 11 is -0.867. The Hall–Kier alpha value is -1.34. The largest absolute Gasteiger partial charge is 1.00 e. The van der Waals surface area contributed by atoms with Crippen molar-refractivity contribution in [1.82, 2.24) is 4.90 Å². The minimum Gasteiger partial charge on any atom is -1.00 e. The van der Waals surface area contributed by atoms with Crippen molar-refractivity contribution in [2.24, 2.45) is 5.92 Å². The van der Waals surface area contributed by atoms with Crippen molar-refractivity contribution in [3.8, 4) is 11.1 Å². The van der Waals surface area contributed by atoms with Crippen LogP contribution < -0.4 is 24.8 Å². The van der Waals surface area contributed by atoms with Gasteiger partial charge in [-0.25, -0.2) is 0 Å². The molecule has 2 aromatic rings. The minimum atomic E-state index is -0.867. The van der Waals surface area contributed by atoms with Gasteiger partial charge in [-0.15, -0.1) is 0 Å². The van der Waals surface area contributed by atoms with E-state index >= 15 is 0 Å². The van der Waals surface area contributed by atoms with Crippen molar-refractivity contribution in [2.45, 2.75) is 37.4 Å². The van der Waals surface area contributed by atoms with Crippen LogP contribution in [0.3, 0.4) is 0 Å². The summed E-state index contributed by atoms with van der Waals surface area (Å²) < 4.78 is 2.38. The third-order valence-electron chi connectivity index (χ3n) is 6.78. The Kier molecular flexibility index (Phi) is 7.81. The van der Waals surface area contributed by atoms with Crippen LogP contribution in [0.25, 0.3) is 17.2 Å². The van der Waals surface area contributed by atoms with E-state index in [1.807, 2.05) is 0 Å². The second-order valence-electron chi connectivity index (χ2n) is 9.12. The predicted octanol–water partition coefficient (Wildman–Crippen LogP) is 0.888. The maximum atomic E-state index is 2.54. The van der Waals surface area contributed by atoms with Gasteiger partial charge in [0.1, 0.15) is 0 Å². The van der Waals surface area contributed by atoms with Crippen molar-refractivity contribution in [1.29, 1.82) is 0 Å². The van der Waals surface area contributed by atoms with Gasteiger partial charge in [-0.2, -0.15) is 0 Å². The van der Waals surface area contributed by atoms with Crippen LogP contribution >= 0.6 is 0 Å². The molecule has 32 heavy (non-hydrogen) atoms. The van der Waals surface area contributed by atoms with Gasteiger partial charge in [0.2, 0.25) is 0 Å². The zero-order valence-corrected chi connectivity index (χ0v) is 23.3. The number of benzene rings is 2. The molecule has 4 heteroatoms. The molecular weight excluding hydrogens is 512 g/mol. The summed E-state index contributed by atoms with van der Waals surface area (Å²) in [7, 11) is 2.21. The molecule has 2 unspecified atom stereocenters. The van der Waals surface area contributed by atoms with Crippen LogP contribution in [-0.2, 0) is 23.2 Å².